The number of carbonyl (C=O) groups excluding carboxylic acids is 1. The van der Waals surface area contributed by atoms with Crippen LogP contribution in [0.1, 0.15) is 29.8 Å². The van der Waals surface area contributed by atoms with Crippen molar-refractivity contribution in [1.29, 1.82) is 0 Å². The monoisotopic (exact) mass is 327 g/mol. The molecule has 2 rings (SSSR count). The Balaban J connectivity index is 2.15. The number of carbonyl (C=O) groups is 2. The summed E-state index contributed by atoms with van der Waals surface area (Å²) in [4.78, 5) is 23.7. The zero-order chi connectivity index (χ0) is 17.7. The minimum Gasteiger partial charge on any atom is -0.496 e. The molecule has 0 heterocycles. The van der Waals surface area contributed by atoms with Crippen molar-refractivity contribution < 1.29 is 19.4 Å². The van der Waals surface area contributed by atoms with E-state index in [4.69, 9.17) is 9.84 Å². The van der Waals surface area contributed by atoms with Crippen LogP contribution in [0, 0.1) is 5.41 Å². The first-order valence-electron chi connectivity index (χ1n) is 7.60. The molecule has 0 atom stereocenters. The second-order valence-electron chi connectivity index (χ2n) is 6.22. The van der Waals surface area contributed by atoms with E-state index in [1.54, 1.807) is 6.07 Å². The number of ether oxygens (including phenoxy) is 1. The predicted octanol–water partition coefficient (Wildman–Crippen LogP) is 3.60. The standard InChI is InChI=1S/C19H21NO4/c1-19(2,12-13-7-5-4-6-8-13)18(23)20-14-9-10-15(17(21)22)16(11-14)24-3/h4-11H,12H2,1-3H3,(H,20,23)(H,21,22). The molecular formula is C19H21NO4. The van der Waals surface area contributed by atoms with Crippen molar-refractivity contribution in [3.05, 3.63) is 59.7 Å². The van der Waals surface area contributed by atoms with Gasteiger partial charge in [-0.3, -0.25) is 4.79 Å². The van der Waals surface area contributed by atoms with Crippen molar-refractivity contribution in [3.8, 4) is 5.75 Å². The van der Waals surface area contributed by atoms with Crippen molar-refractivity contribution in [3.63, 3.8) is 0 Å². The van der Waals surface area contributed by atoms with Crippen LogP contribution in [0.15, 0.2) is 48.5 Å². The van der Waals surface area contributed by atoms with E-state index in [0.29, 0.717) is 12.1 Å². The Hall–Kier alpha value is -2.82. The van der Waals surface area contributed by atoms with Gasteiger partial charge in [-0.05, 0) is 24.1 Å². The third-order valence-electron chi connectivity index (χ3n) is 3.79. The molecule has 0 bridgehead atoms. The number of nitrogens with one attached hydrogen (secondary N) is 1. The number of hydrogen-bond acceptors (Lipinski definition) is 3. The topological polar surface area (TPSA) is 75.6 Å². The maximum atomic E-state index is 12.6. The van der Waals surface area contributed by atoms with E-state index < -0.39 is 11.4 Å². The molecule has 1 amide bonds. The highest BCUT2D eigenvalue weighted by atomic mass is 16.5. The second kappa shape index (κ2) is 7.17. The zero-order valence-corrected chi connectivity index (χ0v) is 14.0. The molecule has 0 aliphatic rings. The van der Waals surface area contributed by atoms with Gasteiger partial charge in [-0.1, -0.05) is 44.2 Å². The van der Waals surface area contributed by atoms with Gasteiger partial charge in [0.05, 0.1) is 7.11 Å². The number of hydrogen-bond donors (Lipinski definition) is 2. The SMILES string of the molecule is COc1cc(NC(=O)C(C)(C)Cc2ccccc2)ccc1C(=O)O. The van der Waals surface area contributed by atoms with Crippen LogP contribution < -0.4 is 10.1 Å². The number of aromatic carboxylic acids is 1. The molecule has 0 aromatic heterocycles. The molecule has 0 spiro atoms. The van der Waals surface area contributed by atoms with Crippen molar-refractivity contribution in [2.75, 3.05) is 12.4 Å². The molecular weight excluding hydrogens is 306 g/mol. The summed E-state index contributed by atoms with van der Waals surface area (Å²) >= 11 is 0. The lowest BCUT2D eigenvalue weighted by Gasteiger charge is -2.24. The summed E-state index contributed by atoms with van der Waals surface area (Å²) in [5, 5.41) is 11.9. The van der Waals surface area contributed by atoms with Gasteiger partial charge in [0.25, 0.3) is 0 Å². The predicted molar refractivity (Wildman–Crippen MR) is 92.5 cm³/mol. The first-order valence-corrected chi connectivity index (χ1v) is 7.60. The molecule has 5 nitrogen and oxygen atoms in total. The smallest absolute Gasteiger partial charge is 0.339 e. The van der Waals surface area contributed by atoms with Crippen LogP contribution in [-0.2, 0) is 11.2 Å². The summed E-state index contributed by atoms with van der Waals surface area (Å²) in [6.07, 6.45) is 0.601. The Morgan fingerprint density at radius 3 is 2.38 bits per heavy atom. The summed E-state index contributed by atoms with van der Waals surface area (Å²) in [5.41, 5.74) is 1.03. The van der Waals surface area contributed by atoms with Gasteiger partial charge in [-0.15, -0.1) is 0 Å². The van der Waals surface area contributed by atoms with Gasteiger partial charge < -0.3 is 15.2 Å². The molecule has 0 saturated carbocycles. The maximum absolute atomic E-state index is 12.6. The molecule has 24 heavy (non-hydrogen) atoms. The lowest BCUT2D eigenvalue weighted by Crippen LogP contribution is -2.32. The average Bonchev–Trinajstić information content (AvgIpc) is 2.55. The number of amides is 1. The normalized spacial score (nSPS) is 11.0. The van der Waals surface area contributed by atoms with Gasteiger partial charge >= 0.3 is 5.97 Å². The quantitative estimate of drug-likeness (QED) is 0.850. The third kappa shape index (κ3) is 4.13. The fourth-order valence-electron chi connectivity index (χ4n) is 2.43. The maximum Gasteiger partial charge on any atom is 0.339 e. The van der Waals surface area contributed by atoms with Crippen LogP contribution in [0.25, 0.3) is 0 Å². The number of carboxylic acids is 1. The van der Waals surface area contributed by atoms with E-state index >= 15 is 0 Å². The molecule has 2 aromatic carbocycles. The fourth-order valence-corrected chi connectivity index (χ4v) is 2.43. The molecule has 0 saturated heterocycles. The van der Waals surface area contributed by atoms with E-state index in [9.17, 15) is 9.59 Å². The van der Waals surface area contributed by atoms with Gasteiger partial charge in [0.1, 0.15) is 11.3 Å². The van der Waals surface area contributed by atoms with E-state index in [-0.39, 0.29) is 17.2 Å². The van der Waals surface area contributed by atoms with Crippen LogP contribution in [0.5, 0.6) is 5.75 Å². The molecule has 0 aliphatic heterocycles. The number of anilines is 1. The van der Waals surface area contributed by atoms with Crippen molar-refractivity contribution >= 4 is 17.6 Å². The number of benzene rings is 2. The van der Waals surface area contributed by atoms with Gasteiger partial charge in [0.15, 0.2) is 0 Å². The molecule has 0 aliphatic carbocycles. The van der Waals surface area contributed by atoms with Crippen molar-refractivity contribution in [2.24, 2.45) is 5.41 Å². The first kappa shape index (κ1) is 17.5. The zero-order valence-electron chi connectivity index (χ0n) is 14.0. The lowest BCUT2D eigenvalue weighted by molar-refractivity contribution is -0.123. The highest BCUT2D eigenvalue weighted by Gasteiger charge is 2.28. The van der Waals surface area contributed by atoms with Crippen LogP contribution in [0.2, 0.25) is 0 Å². The number of carboxylic acid groups (broad SMARTS) is 1. The summed E-state index contributed by atoms with van der Waals surface area (Å²) in [7, 11) is 1.40. The number of rotatable bonds is 6. The Kier molecular flexibility index (Phi) is 5.24. The van der Waals surface area contributed by atoms with Gasteiger partial charge in [0.2, 0.25) is 5.91 Å². The third-order valence-corrected chi connectivity index (χ3v) is 3.79. The summed E-state index contributed by atoms with van der Waals surface area (Å²) in [6.45, 7) is 3.75. The van der Waals surface area contributed by atoms with E-state index in [0.717, 1.165) is 5.56 Å². The van der Waals surface area contributed by atoms with E-state index in [1.165, 1.54) is 19.2 Å². The molecule has 0 fully saturated rings. The van der Waals surface area contributed by atoms with E-state index in [1.807, 2.05) is 44.2 Å². The number of methoxy groups -OCH3 is 1. The van der Waals surface area contributed by atoms with Crippen molar-refractivity contribution in [2.45, 2.75) is 20.3 Å². The van der Waals surface area contributed by atoms with Gasteiger partial charge in [-0.2, -0.15) is 0 Å². The Morgan fingerprint density at radius 1 is 1.12 bits per heavy atom. The second-order valence-corrected chi connectivity index (χ2v) is 6.22. The molecule has 5 heteroatoms. The highest BCUT2D eigenvalue weighted by Crippen LogP contribution is 2.27. The Bertz CT molecular complexity index is 738. The van der Waals surface area contributed by atoms with Crippen LogP contribution in [0.4, 0.5) is 5.69 Å². The first-order chi connectivity index (χ1) is 11.3. The fraction of sp³-hybridized carbons (Fsp3) is 0.263. The molecule has 2 N–H and O–H groups in total. The minimum atomic E-state index is -1.07. The minimum absolute atomic E-state index is 0.0547. The highest BCUT2D eigenvalue weighted by molar-refractivity contribution is 5.97. The Labute approximate surface area is 141 Å². The van der Waals surface area contributed by atoms with Gasteiger partial charge in [0, 0.05) is 17.2 Å². The summed E-state index contributed by atoms with van der Waals surface area (Å²) in [5.74, 6) is -1.01. The molecule has 2 aromatic rings. The van der Waals surface area contributed by atoms with Crippen LogP contribution in [0.3, 0.4) is 0 Å². The molecule has 126 valence electrons. The summed E-state index contributed by atoms with van der Waals surface area (Å²) < 4.78 is 5.08. The molecule has 0 unspecified atom stereocenters. The lowest BCUT2D eigenvalue weighted by atomic mass is 9.84. The van der Waals surface area contributed by atoms with E-state index in [2.05, 4.69) is 5.32 Å². The summed E-state index contributed by atoms with van der Waals surface area (Å²) in [6, 6.07) is 14.3. The largest absolute Gasteiger partial charge is 0.496 e. The van der Waals surface area contributed by atoms with Crippen LogP contribution >= 0.6 is 0 Å². The Morgan fingerprint density at radius 2 is 1.79 bits per heavy atom. The average molecular weight is 327 g/mol. The van der Waals surface area contributed by atoms with Crippen molar-refractivity contribution in [1.82, 2.24) is 0 Å². The van der Waals surface area contributed by atoms with Crippen LogP contribution in [-0.4, -0.2) is 24.1 Å². The van der Waals surface area contributed by atoms with Gasteiger partial charge in [-0.25, -0.2) is 4.79 Å². The molecule has 0 radical (unpaired) electrons.